The van der Waals surface area contributed by atoms with Crippen LogP contribution in [-0.2, 0) is 6.42 Å². The fourth-order valence-electron chi connectivity index (χ4n) is 1.73. The maximum Gasteiger partial charge on any atom is 0.183 e. The van der Waals surface area contributed by atoms with Gasteiger partial charge in [0.25, 0.3) is 0 Å². The summed E-state index contributed by atoms with van der Waals surface area (Å²) in [6.45, 7) is 2.12. The van der Waals surface area contributed by atoms with Crippen molar-refractivity contribution in [2.45, 2.75) is 13.3 Å². The number of rotatable bonds is 3. The first-order chi connectivity index (χ1) is 8.76. The van der Waals surface area contributed by atoms with E-state index in [4.69, 9.17) is 5.26 Å². The second-order valence-corrected chi connectivity index (χ2v) is 3.92. The van der Waals surface area contributed by atoms with Gasteiger partial charge >= 0.3 is 0 Å². The van der Waals surface area contributed by atoms with E-state index < -0.39 is 0 Å². The van der Waals surface area contributed by atoms with E-state index in [0.29, 0.717) is 11.5 Å². The maximum absolute atomic E-state index is 9.02. The lowest BCUT2D eigenvalue weighted by molar-refractivity contribution is 1.06. The van der Waals surface area contributed by atoms with E-state index >= 15 is 0 Å². The van der Waals surface area contributed by atoms with E-state index in [1.807, 2.05) is 24.1 Å². The Bertz CT molecular complexity index is 569. The van der Waals surface area contributed by atoms with Gasteiger partial charge in [-0.15, -0.1) is 0 Å². The maximum atomic E-state index is 9.02. The van der Waals surface area contributed by atoms with Crippen molar-refractivity contribution >= 4 is 11.5 Å². The predicted octanol–water partition coefficient (Wildman–Crippen LogP) is 2.68. The third-order valence-electron chi connectivity index (χ3n) is 2.83. The number of aromatic nitrogens is 2. The Hall–Kier alpha value is -2.41. The van der Waals surface area contributed by atoms with Crippen molar-refractivity contribution in [2.24, 2.45) is 0 Å². The third-order valence-corrected chi connectivity index (χ3v) is 2.83. The van der Waals surface area contributed by atoms with E-state index in [2.05, 4.69) is 35.1 Å². The minimum atomic E-state index is 0.333. The Kier molecular flexibility index (Phi) is 3.54. The monoisotopic (exact) mass is 238 g/mol. The molecule has 4 nitrogen and oxygen atoms in total. The normalized spacial score (nSPS) is 9.83. The van der Waals surface area contributed by atoms with Gasteiger partial charge in [0.05, 0.1) is 0 Å². The minimum Gasteiger partial charge on any atom is -0.327 e. The molecule has 0 amide bonds. The zero-order valence-corrected chi connectivity index (χ0v) is 10.5. The number of hydrogen-bond donors (Lipinski definition) is 0. The fraction of sp³-hybridized carbons (Fsp3) is 0.214. The summed E-state index contributed by atoms with van der Waals surface area (Å²) in [7, 11) is 1.88. The van der Waals surface area contributed by atoms with Gasteiger partial charge in [-0.25, -0.2) is 9.97 Å². The molecule has 0 radical (unpaired) electrons. The summed E-state index contributed by atoms with van der Waals surface area (Å²) >= 11 is 0. The van der Waals surface area contributed by atoms with Crippen LogP contribution in [-0.4, -0.2) is 17.0 Å². The predicted molar refractivity (Wildman–Crippen MR) is 70.6 cm³/mol. The summed E-state index contributed by atoms with van der Waals surface area (Å²) in [5.74, 6) is 0.573. The molecule has 1 aromatic carbocycles. The highest BCUT2D eigenvalue weighted by molar-refractivity contribution is 5.63. The summed E-state index contributed by atoms with van der Waals surface area (Å²) in [6, 6.07) is 10.3. The second-order valence-electron chi connectivity index (χ2n) is 3.92. The van der Waals surface area contributed by atoms with Gasteiger partial charge in [0.1, 0.15) is 6.07 Å². The van der Waals surface area contributed by atoms with Gasteiger partial charge in [0.15, 0.2) is 11.5 Å². The standard InChI is InChI=1S/C14H14N4/c1-3-11-4-6-12(7-5-11)18(2)14-13(10-15)16-8-9-17-14/h4-9H,3H2,1-2H3. The summed E-state index contributed by atoms with van der Waals surface area (Å²) < 4.78 is 0. The van der Waals surface area contributed by atoms with E-state index in [1.54, 1.807) is 6.20 Å². The number of benzene rings is 1. The first kappa shape index (κ1) is 12.1. The zero-order chi connectivity index (χ0) is 13.0. The minimum absolute atomic E-state index is 0.333. The summed E-state index contributed by atoms with van der Waals surface area (Å²) in [5.41, 5.74) is 2.61. The van der Waals surface area contributed by atoms with Gasteiger partial charge in [-0.1, -0.05) is 19.1 Å². The van der Waals surface area contributed by atoms with Crippen molar-refractivity contribution in [3.63, 3.8) is 0 Å². The van der Waals surface area contributed by atoms with Gasteiger partial charge in [0.2, 0.25) is 0 Å². The molecule has 90 valence electrons. The molecule has 1 aromatic heterocycles. The van der Waals surface area contributed by atoms with Crippen LogP contribution in [0.5, 0.6) is 0 Å². The largest absolute Gasteiger partial charge is 0.327 e. The first-order valence-electron chi connectivity index (χ1n) is 5.80. The smallest absolute Gasteiger partial charge is 0.183 e. The van der Waals surface area contributed by atoms with Crippen molar-refractivity contribution in [1.82, 2.24) is 9.97 Å². The molecular weight excluding hydrogens is 224 g/mol. The van der Waals surface area contributed by atoms with Gasteiger partial charge in [0, 0.05) is 25.1 Å². The molecule has 0 fully saturated rings. The molecule has 2 rings (SSSR count). The molecule has 0 atom stereocenters. The molecule has 0 saturated carbocycles. The van der Waals surface area contributed by atoms with Crippen LogP contribution in [0.25, 0.3) is 0 Å². The molecule has 0 spiro atoms. The van der Waals surface area contributed by atoms with Crippen molar-refractivity contribution in [3.8, 4) is 6.07 Å². The lowest BCUT2D eigenvalue weighted by Crippen LogP contribution is -2.13. The summed E-state index contributed by atoms with van der Waals surface area (Å²) in [5, 5.41) is 9.02. The third kappa shape index (κ3) is 2.30. The molecule has 18 heavy (non-hydrogen) atoms. The molecule has 0 aliphatic carbocycles. The average molecular weight is 238 g/mol. The highest BCUT2D eigenvalue weighted by Gasteiger charge is 2.11. The topological polar surface area (TPSA) is 52.8 Å². The summed E-state index contributed by atoms with van der Waals surface area (Å²) in [4.78, 5) is 10.1. The van der Waals surface area contributed by atoms with Gasteiger partial charge in [-0.3, -0.25) is 0 Å². The highest BCUT2D eigenvalue weighted by atomic mass is 15.2. The molecule has 0 saturated heterocycles. The molecular formula is C14H14N4. The molecule has 1 heterocycles. The van der Waals surface area contributed by atoms with E-state index in [9.17, 15) is 0 Å². The van der Waals surface area contributed by atoms with E-state index in [-0.39, 0.29) is 0 Å². The molecule has 0 aliphatic heterocycles. The van der Waals surface area contributed by atoms with Crippen LogP contribution in [0.2, 0.25) is 0 Å². The van der Waals surface area contributed by atoms with Gasteiger partial charge < -0.3 is 4.90 Å². The van der Waals surface area contributed by atoms with Gasteiger partial charge in [-0.05, 0) is 24.1 Å². The SMILES string of the molecule is CCc1ccc(N(C)c2nccnc2C#N)cc1. The van der Waals surface area contributed by atoms with Crippen molar-refractivity contribution in [1.29, 1.82) is 5.26 Å². The van der Waals surface area contributed by atoms with Crippen molar-refractivity contribution in [3.05, 3.63) is 47.9 Å². The number of nitrogens with zero attached hydrogens (tertiary/aromatic N) is 4. The Morgan fingerprint density at radius 3 is 2.44 bits per heavy atom. The molecule has 2 aromatic rings. The Morgan fingerprint density at radius 2 is 1.83 bits per heavy atom. The molecule has 0 N–H and O–H groups in total. The van der Waals surface area contributed by atoms with Crippen LogP contribution in [0.15, 0.2) is 36.7 Å². The second kappa shape index (κ2) is 5.28. The van der Waals surface area contributed by atoms with Crippen LogP contribution in [0.4, 0.5) is 11.5 Å². The van der Waals surface area contributed by atoms with E-state index in [0.717, 1.165) is 12.1 Å². The van der Waals surface area contributed by atoms with Crippen LogP contribution in [0, 0.1) is 11.3 Å². The number of hydrogen-bond acceptors (Lipinski definition) is 4. The zero-order valence-electron chi connectivity index (χ0n) is 10.5. The number of anilines is 2. The van der Waals surface area contributed by atoms with E-state index in [1.165, 1.54) is 11.8 Å². The lowest BCUT2D eigenvalue weighted by Gasteiger charge is -2.18. The highest BCUT2D eigenvalue weighted by Crippen LogP contribution is 2.23. The van der Waals surface area contributed by atoms with Crippen LogP contribution >= 0.6 is 0 Å². The summed E-state index contributed by atoms with van der Waals surface area (Å²) in [6.07, 6.45) is 4.13. The Labute approximate surface area is 107 Å². The van der Waals surface area contributed by atoms with Crippen LogP contribution in [0.1, 0.15) is 18.2 Å². The van der Waals surface area contributed by atoms with Crippen LogP contribution in [0.3, 0.4) is 0 Å². The Balaban J connectivity index is 2.35. The van der Waals surface area contributed by atoms with Gasteiger partial charge in [-0.2, -0.15) is 5.26 Å². The average Bonchev–Trinajstić information content (AvgIpc) is 2.46. The van der Waals surface area contributed by atoms with Crippen LogP contribution < -0.4 is 4.90 Å². The Morgan fingerprint density at radius 1 is 1.17 bits per heavy atom. The van der Waals surface area contributed by atoms with Crippen molar-refractivity contribution < 1.29 is 0 Å². The van der Waals surface area contributed by atoms with Crippen molar-refractivity contribution in [2.75, 3.05) is 11.9 Å². The molecule has 0 aliphatic rings. The molecule has 4 heteroatoms. The fourth-order valence-corrected chi connectivity index (χ4v) is 1.73. The molecule has 0 bridgehead atoms. The first-order valence-corrected chi connectivity index (χ1v) is 5.80. The number of nitriles is 1. The number of aryl methyl sites for hydroxylation is 1. The molecule has 0 unspecified atom stereocenters. The lowest BCUT2D eigenvalue weighted by atomic mass is 10.1. The quantitative estimate of drug-likeness (QED) is 0.825.